The second-order valence-corrected chi connectivity index (χ2v) is 5.37. The lowest BCUT2D eigenvalue weighted by atomic mass is 9.81. The summed E-state index contributed by atoms with van der Waals surface area (Å²) in [6.07, 6.45) is 7.86. The van der Waals surface area contributed by atoms with Crippen molar-refractivity contribution in [3.8, 4) is 0 Å². The van der Waals surface area contributed by atoms with Gasteiger partial charge in [0.1, 0.15) is 0 Å². The molecule has 1 atom stereocenters. The maximum Gasteiger partial charge on any atom is 0.229 e. The van der Waals surface area contributed by atoms with Gasteiger partial charge in [0.2, 0.25) is 5.91 Å². The number of rotatable bonds is 3. The molecule has 3 heteroatoms. The lowest BCUT2D eigenvalue weighted by Crippen LogP contribution is -2.47. The Bertz CT molecular complexity index is 259. The van der Waals surface area contributed by atoms with E-state index >= 15 is 0 Å². The third kappa shape index (κ3) is 1.86. The SMILES string of the molecule is CCC1(C(=O)N2CCCC2CN)CCCC1. The molecule has 92 valence electrons. The summed E-state index contributed by atoms with van der Waals surface area (Å²) in [6.45, 7) is 3.73. The first-order valence-electron chi connectivity index (χ1n) is 6.74. The Balaban J connectivity index is 2.10. The van der Waals surface area contributed by atoms with Crippen LogP contribution in [0.4, 0.5) is 0 Å². The zero-order valence-electron chi connectivity index (χ0n) is 10.4. The van der Waals surface area contributed by atoms with Gasteiger partial charge in [0, 0.05) is 24.5 Å². The Labute approximate surface area is 98.4 Å². The molecule has 1 heterocycles. The zero-order valence-corrected chi connectivity index (χ0v) is 10.4. The second kappa shape index (κ2) is 4.74. The van der Waals surface area contributed by atoms with Crippen molar-refractivity contribution in [2.75, 3.05) is 13.1 Å². The van der Waals surface area contributed by atoms with Crippen molar-refractivity contribution in [1.29, 1.82) is 0 Å². The summed E-state index contributed by atoms with van der Waals surface area (Å²) < 4.78 is 0. The number of hydrogen-bond donors (Lipinski definition) is 1. The molecular formula is C13H24N2O. The van der Waals surface area contributed by atoms with Crippen LogP contribution in [0.1, 0.15) is 51.9 Å². The van der Waals surface area contributed by atoms with Crippen LogP contribution in [0.3, 0.4) is 0 Å². The first kappa shape index (κ1) is 11.9. The van der Waals surface area contributed by atoms with Gasteiger partial charge >= 0.3 is 0 Å². The number of carbonyl (C=O) groups is 1. The van der Waals surface area contributed by atoms with Crippen molar-refractivity contribution in [2.24, 2.45) is 11.1 Å². The molecule has 0 aromatic rings. The molecule has 0 bridgehead atoms. The molecule has 2 N–H and O–H groups in total. The molecule has 1 saturated heterocycles. The highest BCUT2D eigenvalue weighted by Crippen LogP contribution is 2.43. The van der Waals surface area contributed by atoms with E-state index in [0.29, 0.717) is 18.5 Å². The Morgan fingerprint density at radius 3 is 2.62 bits per heavy atom. The van der Waals surface area contributed by atoms with Crippen molar-refractivity contribution in [1.82, 2.24) is 4.90 Å². The Kier molecular flexibility index (Phi) is 3.53. The lowest BCUT2D eigenvalue weighted by molar-refractivity contribution is -0.142. The third-order valence-electron chi connectivity index (χ3n) is 4.60. The summed E-state index contributed by atoms with van der Waals surface area (Å²) in [5.41, 5.74) is 5.72. The minimum atomic E-state index is -0.0300. The molecule has 0 spiro atoms. The predicted octanol–water partition coefficient (Wildman–Crippen LogP) is 1.91. The minimum absolute atomic E-state index is 0.0300. The minimum Gasteiger partial charge on any atom is -0.338 e. The van der Waals surface area contributed by atoms with Crippen molar-refractivity contribution >= 4 is 5.91 Å². The predicted molar refractivity (Wildman–Crippen MR) is 65.0 cm³/mol. The quantitative estimate of drug-likeness (QED) is 0.796. The van der Waals surface area contributed by atoms with Crippen LogP contribution in [0.15, 0.2) is 0 Å². The first-order valence-corrected chi connectivity index (χ1v) is 6.74. The van der Waals surface area contributed by atoms with E-state index in [1.165, 1.54) is 12.8 Å². The molecule has 1 aliphatic carbocycles. The average molecular weight is 224 g/mol. The summed E-state index contributed by atoms with van der Waals surface area (Å²) >= 11 is 0. The fourth-order valence-electron chi connectivity index (χ4n) is 3.42. The van der Waals surface area contributed by atoms with Crippen LogP contribution >= 0.6 is 0 Å². The molecule has 1 aliphatic heterocycles. The van der Waals surface area contributed by atoms with E-state index < -0.39 is 0 Å². The van der Waals surface area contributed by atoms with Gasteiger partial charge < -0.3 is 10.6 Å². The number of amides is 1. The molecule has 0 aromatic heterocycles. The van der Waals surface area contributed by atoms with Crippen LogP contribution in [0.2, 0.25) is 0 Å². The maximum absolute atomic E-state index is 12.6. The number of carbonyl (C=O) groups excluding carboxylic acids is 1. The average Bonchev–Trinajstić information content (AvgIpc) is 2.97. The smallest absolute Gasteiger partial charge is 0.229 e. The monoisotopic (exact) mass is 224 g/mol. The number of likely N-dealkylation sites (tertiary alicyclic amines) is 1. The van der Waals surface area contributed by atoms with Gasteiger partial charge in [0.05, 0.1) is 0 Å². The molecule has 2 fully saturated rings. The molecule has 2 aliphatic rings. The number of nitrogens with two attached hydrogens (primary N) is 1. The molecule has 0 aromatic carbocycles. The summed E-state index contributed by atoms with van der Waals surface area (Å²) in [5.74, 6) is 0.403. The summed E-state index contributed by atoms with van der Waals surface area (Å²) in [6, 6.07) is 0.316. The Hall–Kier alpha value is -0.570. The topological polar surface area (TPSA) is 46.3 Å². The highest BCUT2D eigenvalue weighted by atomic mass is 16.2. The van der Waals surface area contributed by atoms with Crippen LogP contribution < -0.4 is 5.73 Å². The molecule has 2 rings (SSSR count). The molecule has 1 saturated carbocycles. The molecule has 16 heavy (non-hydrogen) atoms. The molecule has 3 nitrogen and oxygen atoms in total. The van der Waals surface area contributed by atoms with Gasteiger partial charge in [-0.25, -0.2) is 0 Å². The van der Waals surface area contributed by atoms with Gasteiger partial charge in [0.15, 0.2) is 0 Å². The fourth-order valence-corrected chi connectivity index (χ4v) is 3.42. The van der Waals surface area contributed by atoms with Crippen LogP contribution in [0.5, 0.6) is 0 Å². The van der Waals surface area contributed by atoms with Gasteiger partial charge in [-0.05, 0) is 32.1 Å². The zero-order chi connectivity index (χ0) is 11.6. The summed E-state index contributed by atoms with van der Waals surface area (Å²) in [4.78, 5) is 14.7. The van der Waals surface area contributed by atoms with E-state index in [1.807, 2.05) is 0 Å². The summed E-state index contributed by atoms with van der Waals surface area (Å²) in [5, 5.41) is 0. The molecule has 0 radical (unpaired) electrons. The van der Waals surface area contributed by atoms with Crippen LogP contribution in [-0.4, -0.2) is 29.9 Å². The summed E-state index contributed by atoms with van der Waals surface area (Å²) in [7, 11) is 0. The van der Waals surface area contributed by atoms with E-state index in [9.17, 15) is 4.79 Å². The van der Waals surface area contributed by atoms with Gasteiger partial charge in [-0.15, -0.1) is 0 Å². The molecule has 1 amide bonds. The van der Waals surface area contributed by atoms with Gasteiger partial charge in [-0.3, -0.25) is 4.79 Å². The largest absolute Gasteiger partial charge is 0.338 e. The van der Waals surface area contributed by atoms with E-state index in [-0.39, 0.29) is 5.41 Å². The van der Waals surface area contributed by atoms with Gasteiger partial charge in [-0.1, -0.05) is 19.8 Å². The lowest BCUT2D eigenvalue weighted by Gasteiger charge is -2.34. The van der Waals surface area contributed by atoms with E-state index in [2.05, 4.69) is 11.8 Å². The normalized spacial score (nSPS) is 28.6. The number of nitrogens with zero attached hydrogens (tertiary/aromatic N) is 1. The third-order valence-corrected chi connectivity index (χ3v) is 4.60. The van der Waals surface area contributed by atoms with Crippen LogP contribution in [0, 0.1) is 5.41 Å². The second-order valence-electron chi connectivity index (χ2n) is 5.37. The Morgan fingerprint density at radius 2 is 2.06 bits per heavy atom. The molecular weight excluding hydrogens is 200 g/mol. The van der Waals surface area contributed by atoms with Crippen molar-refractivity contribution in [3.05, 3.63) is 0 Å². The van der Waals surface area contributed by atoms with Crippen molar-refractivity contribution in [3.63, 3.8) is 0 Å². The number of hydrogen-bond acceptors (Lipinski definition) is 2. The van der Waals surface area contributed by atoms with Crippen molar-refractivity contribution < 1.29 is 4.79 Å². The van der Waals surface area contributed by atoms with Gasteiger partial charge in [0.25, 0.3) is 0 Å². The van der Waals surface area contributed by atoms with Crippen LogP contribution in [-0.2, 0) is 4.79 Å². The van der Waals surface area contributed by atoms with Gasteiger partial charge in [-0.2, -0.15) is 0 Å². The van der Waals surface area contributed by atoms with E-state index in [1.54, 1.807) is 0 Å². The Morgan fingerprint density at radius 1 is 1.38 bits per heavy atom. The standard InChI is InChI=1S/C13H24N2O/c1-2-13(7-3-4-8-13)12(16)15-9-5-6-11(15)10-14/h11H,2-10,14H2,1H3. The highest BCUT2D eigenvalue weighted by Gasteiger charge is 2.44. The first-order chi connectivity index (χ1) is 7.73. The van der Waals surface area contributed by atoms with E-state index in [4.69, 9.17) is 5.73 Å². The van der Waals surface area contributed by atoms with E-state index in [0.717, 1.165) is 38.6 Å². The van der Waals surface area contributed by atoms with Crippen LogP contribution in [0.25, 0.3) is 0 Å². The fraction of sp³-hybridized carbons (Fsp3) is 0.923. The highest BCUT2D eigenvalue weighted by molar-refractivity contribution is 5.83. The molecule has 1 unspecified atom stereocenters. The maximum atomic E-state index is 12.6. The van der Waals surface area contributed by atoms with Crippen molar-refractivity contribution in [2.45, 2.75) is 57.9 Å².